The molecule has 0 unspecified atom stereocenters. The van der Waals surface area contributed by atoms with Crippen LogP contribution in [-0.4, -0.2) is 28.6 Å². The highest BCUT2D eigenvalue weighted by atomic mass is 19.1. The summed E-state index contributed by atoms with van der Waals surface area (Å²) in [5.41, 5.74) is -0.955. The standard InChI is InChI=1S/C14H19FN2O4/c1-14(2,3)7-10(8-18)16-13(19)11-5-4-9(15)6-12(11)17(20)21/h4-6,10,18H,7-8H2,1-3H3,(H,16,19)/t10-/m1/s1. The van der Waals surface area contributed by atoms with Crippen LogP contribution in [0.25, 0.3) is 0 Å². The number of aliphatic hydroxyl groups excluding tert-OH is 1. The molecule has 1 amide bonds. The summed E-state index contributed by atoms with van der Waals surface area (Å²) in [6.07, 6.45) is 0.504. The van der Waals surface area contributed by atoms with Gasteiger partial charge in [0.15, 0.2) is 0 Å². The Morgan fingerprint density at radius 3 is 2.57 bits per heavy atom. The zero-order valence-electron chi connectivity index (χ0n) is 12.2. The lowest BCUT2D eigenvalue weighted by molar-refractivity contribution is -0.385. The Morgan fingerprint density at radius 1 is 1.48 bits per heavy atom. The maximum absolute atomic E-state index is 13.0. The minimum Gasteiger partial charge on any atom is -0.394 e. The molecule has 0 saturated carbocycles. The van der Waals surface area contributed by atoms with Gasteiger partial charge in [0.25, 0.3) is 11.6 Å². The second kappa shape index (κ2) is 6.62. The van der Waals surface area contributed by atoms with Crippen molar-refractivity contribution in [2.75, 3.05) is 6.61 Å². The van der Waals surface area contributed by atoms with E-state index in [1.54, 1.807) is 0 Å². The van der Waals surface area contributed by atoms with E-state index in [1.165, 1.54) is 0 Å². The molecule has 21 heavy (non-hydrogen) atoms. The Bertz CT molecular complexity index is 540. The van der Waals surface area contributed by atoms with E-state index in [4.69, 9.17) is 0 Å². The Balaban J connectivity index is 2.96. The number of benzene rings is 1. The maximum Gasteiger partial charge on any atom is 0.285 e. The van der Waals surface area contributed by atoms with E-state index in [0.29, 0.717) is 12.5 Å². The minimum absolute atomic E-state index is 0.130. The molecule has 2 N–H and O–H groups in total. The van der Waals surface area contributed by atoms with E-state index < -0.39 is 28.4 Å². The average Bonchev–Trinajstić information content (AvgIpc) is 2.35. The Morgan fingerprint density at radius 2 is 2.10 bits per heavy atom. The molecule has 116 valence electrons. The van der Waals surface area contributed by atoms with Gasteiger partial charge in [0, 0.05) is 0 Å². The Kier molecular flexibility index (Phi) is 5.37. The van der Waals surface area contributed by atoms with Crippen LogP contribution in [0.1, 0.15) is 37.6 Å². The maximum atomic E-state index is 13.0. The molecule has 0 bridgehead atoms. The van der Waals surface area contributed by atoms with Crippen molar-refractivity contribution in [3.05, 3.63) is 39.7 Å². The summed E-state index contributed by atoms with van der Waals surface area (Å²) in [5, 5.41) is 22.7. The summed E-state index contributed by atoms with van der Waals surface area (Å²) in [7, 11) is 0. The monoisotopic (exact) mass is 298 g/mol. The number of halogens is 1. The van der Waals surface area contributed by atoms with Gasteiger partial charge in [-0.3, -0.25) is 14.9 Å². The van der Waals surface area contributed by atoms with Gasteiger partial charge in [-0.1, -0.05) is 20.8 Å². The van der Waals surface area contributed by atoms with E-state index >= 15 is 0 Å². The number of nitro benzene ring substituents is 1. The van der Waals surface area contributed by atoms with Crippen LogP contribution in [-0.2, 0) is 0 Å². The van der Waals surface area contributed by atoms with Gasteiger partial charge >= 0.3 is 0 Å². The molecule has 0 aliphatic carbocycles. The van der Waals surface area contributed by atoms with Crippen molar-refractivity contribution in [2.24, 2.45) is 5.41 Å². The van der Waals surface area contributed by atoms with Crippen LogP contribution in [0.3, 0.4) is 0 Å². The molecule has 0 aliphatic rings. The van der Waals surface area contributed by atoms with Gasteiger partial charge in [-0.25, -0.2) is 4.39 Å². The van der Waals surface area contributed by atoms with Crippen molar-refractivity contribution in [2.45, 2.75) is 33.2 Å². The predicted molar refractivity (Wildman–Crippen MR) is 75.5 cm³/mol. The number of nitrogens with zero attached hydrogens (tertiary/aromatic N) is 1. The third kappa shape index (κ3) is 5.11. The van der Waals surface area contributed by atoms with E-state index in [9.17, 15) is 24.4 Å². The van der Waals surface area contributed by atoms with Gasteiger partial charge in [0.2, 0.25) is 0 Å². The van der Waals surface area contributed by atoms with Crippen molar-refractivity contribution in [3.63, 3.8) is 0 Å². The molecular weight excluding hydrogens is 279 g/mol. The summed E-state index contributed by atoms with van der Waals surface area (Å²) in [4.78, 5) is 22.1. The zero-order chi connectivity index (χ0) is 16.2. The van der Waals surface area contributed by atoms with Gasteiger partial charge in [0.05, 0.1) is 23.6 Å². The number of rotatable bonds is 5. The number of amides is 1. The molecule has 0 aliphatic heterocycles. The second-order valence-corrected chi connectivity index (χ2v) is 6.04. The number of nitro groups is 1. The Hall–Kier alpha value is -2.02. The molecule has 1 aromatic carbocycles. The average molecular weight is 298 g/mol. The molecule has 0 fully saturated rings. The van der Waals surface area contributed by atoms with Crippen LogP contribution in [0.4, 0.5) is 10.1 Å². The SMILES string of the molecule is CC(C)(C)C[C@H](CO)NC(=O)c1ccc(F)cc1[N+](=O)[O-]. The number of carbonyl (C=O) groups is 1. The molecule has 0 radical (unpaired) electrons. The summed E-state index contributed by atoms with van der Waals surface area (Å²) in [5.74, 6) is -1.49. The third-order valence-electron chi connectivity index (χ3n) is 2.82. The highest BCUT2D eigenvalue weighted by molar-refractivity contribution is 5.98. The fraction of sp³-hybridized carbons (Fsp3) is 0.500. The summed E-state index contributed by atoms with van der Waals surface area (Å²) >= 11 is 0. The second-order valence-electron chi connectivity index (χ2n) is 6.04. The first-order valence-corrected chi connectivity index (χ1v) is 6.49. The normalized spacial score (nSPS) is 12.8. The first-order chi connectivity index (χ1) is 9.64. The van der Waals surface area contributed by atoms with Crippen LogP contribution < -0.4 is 5.32 Å². The van der Waals surface area contributed by atoms with Crippen molar-refractivity contribution in [1.82, 2.24) is 5.32 Å². The Labute approximate surface area is 122 Å². The zero-order valence-corrected chi connectivity index (χ0v) is 12.2. The lowest BCUT2D eigenvalue weighted by Gasteiger charge is -2.25. The molecule has 1 rings (SSSR count). The summed E-state index contributed by atoms with van der Waals surface area (Å²) < 4.78 is 13.0. The van der Waals surface area contributed by atoms with Gasteiger partial charge in [-0.05, 0) is 24.0 Å². The fourth-order valence-electron chi connectivity index (χ4n) is 2.01. The van der Waals surface area contributed by atoms with Crippen molar-refractivity contribution in [1.29, 1.82) is 0 Å². The number of hydrogen-bond donors (Lipinski definition) is 2. The third-order valence-corrected chi connectivity index (χ3v) is 2.82. The van der Waals surface area contributed by atoms with Crippen LogP contribution in [0.5, 0.6) is 0 Å². The van der Waals surface area contributed by atoms with Gasteiger partial charge < -0.3 is 10.4 Å². The largest absolute Gasteiger partial charge is 0.394 e. The van der Waals surface area contributed by atoms with Gasteiger partial charge in [-0.15, -0.1) is 0 Å². The topological polar surface area (TPSA) is 92.5 Å². The summed E-state index contributed by atoms with van der Waals surface area (Å²) in [6, 6.07) is 2.22. The smallest absolute Gasteiger partial charge is 0.285 e. The minimum atomic E-state index is -0.810. The summed E-state index contributed by atoms with van der Waals surface area (Å²) in [6.45, 7) is 5.56. The predicted octanol–water partition coefficient (Wildman–Crippen LogP) is 2.26. The van der Waals surface area contributed by atoms with E-state index in [-0.39, 0.29) is 17.6 Å². The number of carbonyl (C=O) groups excluding carboxylic acids is 1. The molecule has 0 aromatic heterocycles. The fourth-order valence-corrected chi connectivity index (χ4v) is 2.01. The highest BCUT2D eigenvalue weighted by Crippen LogP contribution is 2.22. The molecule has 1 atom stereocenters. The molecule has 6 nitrogen and oxygen atoms in total. The first-order valence-electron chi connectivity index (χ1n) is 6.49. The van der Waals surface area contributed by atoms with Crippen molar-refractivity contribution in [3.8, 4) is 0 Å². The van der Waals surface area contributed by atoms with Gasteiger partial charge in [-0.2, -0.15) is 0 Å². The molecule has 7 heteroatoms. The lowest BCUT2D eigenvalue weighted by Crippen LogP contribution is -2.40. The quantitative estimate of drug-likeness (QED) is 0.644. The molecule has 1 aromatic rings. The molecule has 0 heterocycles. The number of hydrogen-bond acceptors (Lipinski definition) is 4. The van der Waals surface area contributed by atoms with Gasteiger partial charge in [0.1, 0.15) is 11.4 Å². The first kappa shape index (κ1) is 17.0. The van der Waals surface area contributed by atoms with E-state index in [1.807, 2.05) is 20.8 Å². The van der Waals surface area contributed by atoms with Crippen LogP contribution in [0, 0.1) is 21.3 Å². The van der Waals surface area contributed by atoms with Crippen LogP contribution in [0.2, 0.25) is 0 Å². The van der Waals surface area contributed by atoms with Crippen molar-refractivity contribution < 1.29 is 19.2 Å². The van der Waals surface area contributed by atoms with E-state index in [0.717, 1.165) is 12.1 Å². The number of nitrogens with one attached hydrogen (secondary N) is 1. The van der Waals surface area contributed by atoms with Crippen LogP contribution in [0.15, 0.2) is 18.2 Å². The molecule has 0 saturated heterocycles. The highest BCUT2D eigenvalue weighted by Gasteiger charge is 2.25. The molecule has 0 spiro atoms. The van der Waals surface area contributed by atoms with E-state index in [2.05, 4.69) is 5.32 Å². The lowest BCUT2D eigenvalue weighted by atomic mass is 9.88. The molecular formula is C14H19FN2O4. The van der Waals surface area contributed by atoms with Crippen LogP contribution >= 0.6 is 0 Å². The van der Waals surface area contributed by atoms with Crippen molar-refractivity contribution >= 4 is 11.6 Å². The number of aliphatic hydroxyl groups is 1.